The topological polar surface area (TPSA) is 58.6 Å². The largest absolute Gasteiger partial charge is 0.381 e. The summed E-state index contributed by atoms with van der Waals surface area (Å²) in [7, 11) is 0. The first-order chi connectivity index (χ1) is 12.0. The number of nitrogens with zero attached hydrogens (tertiary/aromatic N) is 1. The fourth-order valence-electron chi connectivity index (χ4n) is 3.74. The fourth-order valence-corrected chi connectivity index (χ4v) is 3.91. The Morgan fingerprint density at radius 2 is 1.92 bits per heavy atom. The van der Waals surface area contributed by atoms with Crippen LogP contribution in [0.4, 0.5) is 5.69 Å². The van der Waals surface area contributed by atoms with Gasteiger partial charge < -0.3 is 15.0 Å². The van der Waals surface area contributed by atoms with E-state index in [0.717, 1.165) is 19.3 Å². The average molecular weight is 365 g/mol. The van der Waals surface area contributed by atoms with Gasteiger partial charge in [0.2, 0.25) is 5.91 Å². The molecule has 5 nitrogen and oxygen atoms in total. The first-order valence-corrected chi connectivity index (χ1v) is 9.36. The summed E-state index contributed by atoms with van der Waals surface area (Å²) in [6.45, 7) is 5.19. The molecule has 1 aromatic rings. The highest BCUT2D eigenvalue weighted by molar-refractivity contribution is 6.31. The Kier molecular flexibility index (Phi) is 5.64. The molecule has 2 saturated heterocycles. The standard InChI is InChI=1S/C19H25ClN2O3/c1-12-4-3-5-13(2)22(12)19(24)16-10-15(20)6-7-17(16)21-18(23)14-8-9-25-11-14/h6-7,10,12-14H,3-5,8-9,11H2,1-2H3,(H,21,23)/t12-,13+,14-/m0/s1. The van der Waals surface area contributed by atoms with Gasteiger partial charge in [0, 0.05) is 23.7 Å². The number of hydrogen-bond donors (Lipinski definition) is 1. The van der Waals surface area contributed by atoms with E-state index < -0.39 is 0 Å². The molecule has 0 radical (unpaired) electrons. The molecule has 0 aliphatic carbocycles. The van der Waals surface area contributed by atoms with E-state index >= 15 is 0 Å². The lowest BCUT2D eigenvalue weighted by Gasteiger charge is -2.39. The number of benzene rings is 1. The van der Waals surface area contributed by atoms with Crippen LogP contribution in [0.5, 0.6) is 0 Å². The number of carbonyl (C=O) groups is 2. The number of carbonyl (C=O) groups excluding carboxylic acids is 2. The SMILES string of the molecule is C[C@@H]1CCC[C@H](C)N1C(=O)c1cc(Cl)ccc1NC(=O)[C@H]1CCOC1. The molecule has 2 fully saturated rings. The summed E-state index contributed by atoms with van der Waals surface area (Å²) in [5.74, 6) is -0.333. The van der Waals surface area contributed by atoms with Gasteiger partial charge in [-0.25, -0.2) is 0 Å². The number of likely N-dealkylation sites (tertiary alicyclic amines) is 1. The van der Waals surface area contributed by atoms with Crippen LogP contribution in [0.15, 0.2) is 18.2 Å². The molecular formula is C19H25ClN2O3. The van der Waals surface area contributed by atoms with E-state index in [1.54, 1.807) is 18.2 Å². The molecule has 136 valence electrons. The van der Waals surface area contributed by atoms with E-state index in [1.165, 1.54) is 0 Å². The zero-order valence-electron chi connectivity index (χ0n) is 14.8. The lowest BCUT2D eigenvalue weighted by atomic mass is 9.96. The van der Waals surface area contributed by atoms with Gasteiger partial charge in [0.1, 0.15) is 0 Å². The Bertz CT molecular complexity index is 648. The zero-order chi connectivity index (χ0) is 18.0. The van der Waals surface area contributed by atoms with Crippen molar-refractivity contribution in [2.24, 2.45) is 5.92 Å². The maximum atomic E-state index is 13.2. The molecule has 2 amide bonds. The van der Waals surface area contributed by atoms with Gasteiger partial charge in [-0.05, 0) is 57.7 Å². The third kappa shape index (κ3) is 3.98. The van der Waals surface area contributed by atoms with Gasteiger partial charge in [-0.2, -0.15) is 0 Å². The number of halogens is 1. The molecule has 25 heavy (non-hydrogen) atoms. The van der Waals surface area contributed by atoms with Crippen LogP contribution in [-0.4, -0.2) is 42.0 Å². The second-order valence-electron chi connectivity index (χ2n) is 7.08. The van der Waals surface area contributed by atoms with Crippen LogP contribution in [-0.2, 0) is 9.53 Å². The minimum atomic E-state index is -0.161. The summed E-state index contributed by atoms with van der Waals surface area (Å²) in [6, 6.07) is 5.42. The van der Waals surface area contributed by atoms with Crippen LogP contribution in [0.3, 0.4) is 0 Å². The molecule has 2 aliphatic rings. The summed E-state index contributed by atoms with van der Waals surface area (Å²) >= 11 is 6.13. The van der Waals surface area contributed by atoms with Gasteiger partial charge in [-0.3, -0.25) is 9.59 Å². The smallest absolute Gasteiger partial charge is 0.256 e. The maximum Gasteiger partial charge on any atom is 0.256 e. The van der Waals surface area contributed by atoms with Crippen molar-refractivity contribution in [3.8, 4) is 0 Å². The average Bonchev–Trinajstić information content (AvgIpc) is 3.11. The van der Waals surface area contributed by atoms with Crippen LogP contribution in [0.25, 0.3) is 0 Å². The minimum Gasteiger partial charge on any atom is -0.381 e. The second-order valence-corrected chi connectivity index (χ2v) is 7.52. The molecule has 1 aromatic carbocycles. The molecule has 0 saturated carbocycles. The van der Waals surface area contributed by atoms with Crippen LogP contribution in [0.2, 0.25) is 5.02 Å². The minimum absolute atomic E-state index is 0.0693. The molecule has 3 atom stereocenters. The quantitative estimate of drug-likeness (QED) is 0.889. The van der Waals surface area contributed by atoms with Crippen LogP contribution < -0.4 is 5.32 Å². The van der Waals surface area contributed by atoms with Crippen molar-refractivity contribution < 1.29 is 14.3 Å². The molecule has 6 heteroatoms. The first kappa shape index (κ1) is 18.2. The lowest BCUT2D eigenvalue weighted by Crippen LogP contribution is -2.47. The van der Waals surface area contributed by atoms with Crippen LogP contribution in [0, 0.1) is 5.92 Å². The predicted octanol–water partition coefficient (Wildman–Crippen LogP) is 3.72. The van der Waals surface area contributed by atoms with E-state index in [2.05, 4.69) is 19.2 Å². The number of rotatable bonds is 3. The Labute approximate surface area is 153 Å². The summed E-state index contributed by atoms with van der Waals surface area (Å²) in [5.41, 5.74) is 0.983. The third-order valence-electron chi connectivity index (χ3n) is 5.20. The number of piperidine rings is 1. The summed E-state index contributed by atoms with van der Waals surface area (Å²) in [4.78, 5) is 27.5. The molecule has 0 unspecified atom stereocenters. The molecule has 0 aromatic heterocycles. The summed E-state index contributed by atoms with van der Waals surface area (Å²) in [5, 5.41) is 3.39. The Hall–Kier alpha value is -1.59. The molecular weight excluding hydrogens is 340 g/mol. The zero-order valence-corrected chi connectivity index (χ0v) is 15.5. The molecule has 0 spiro atoms. The van der Waals surface area contributed by atoms with Crippen molar-refractivity contribution in [3.05, 3.63) is 28.8 Å². The highest BCUT2D eigenvalue weighted by Gasteiger charge is 2.32. The molecule has 2 heterocycles. The number of nitrogens with one attached hydrogen (secondary N) is 1. The number of amides is 2. The fraction of sp³-hybridized carbons (Fsp3) is 0.579. The van der Waals surface area contributed by atoms with Gasteiger partial charge in [-0.15, -0.1) is 0 Å². The molecule has 3 rings (SSSR count). The van der Waals surface area contributed by atoms with E-state index in [-0.39, 0.29) is 29.8 Å². The normalized spacial score (nSPS) is 26.5. The number of ether oxygens (including phenoxy) is 1. The monoisotopic (exact) mass is 364 g/mol. The van der Waals surface area contributed by atoms with Crippen LogP contribution in [0.1, 0.15) is 49.9 Å². The number of anilines is 1. The van der Waals surface area contributed by atoms with Crippen molar-refractivity contribution in [3.63, 3.8) is 0 Å². The van der Waals surface area contributed by atoms with Gasteiger partial charge >= 0.3 is 0 Å². The second kappa shape index (κ2) is 7.75. The van der Waals surface area contributed by atoms with Gasteiger partial charge in [-0.1, -0.05) is 11.6 Å². The van der Waals surface area contributed by atoms with E-state index in [1.807, 2.05) is 4.90 Å². The van der Waals surface area contributed by atoms with Gasteiger partial charge in [0.25, 0.3) is 5.91 Å². The van der Waals surface area contributed by atoms with E-state index in [4.69, 9.17) is 16.3 Å². The van der Waals surface area contributed by atoms with Crippen molar-refractivity contribution >= 4 is 29.1 Å². The number of hydrogen-bond acceptors (Lipinski definition) is 3. The van der Waals surface area contributed by atoms with Gasteiger partial charge in [0.15, 0.2) is 0 Å². The first-order valence-electron chi connectivity index (χ1n) is 8.98. The predicted molar refractivity (Wildman–Crippen MR) is 98.0 cm³/mol. The highest BCUT2D eigenvalue weighted by atomic mass is 35.5. The highest BCUT2D eigenvalue weighted by Crippen LogP contribution is 2.29. The van der Waals surface area contributed by atoms with Crippen molar-refractivity contribution in [2.75, 3.05) is 18.5 Å². The summed E-state index contributed by atoms with van der Waals surface area (Å²) < 4.78 is 5.28. The summed E-state index contributed by atoms with van der Waals surface area (Å²) in [6.07, 6.45) is 3.84. The van der Waals surface area contributed by atoms with Crippen molar-refractivity contribution in [2.45, 2.75) is 51.6 Å². The third-order valence-corrected chi connectivity index (χ3v) is 5.43. The molecule has 2 aliphatic heterocycles. The molecule has 1 N–H and O–H groups in total. The lowest BCUT2D eigenvalue weighted by molar-refractivity contribution is -0.119. The maximum absolute atomic E-state index is 13.2. The van der Waals surface area contributed by atoms with Gasteiger partial charge in [0.05, 0.1) is 23.8 Å². The van der Waals surface area contributed by atoms with Crippen molar-refractivity contribution in [1.29, 1.82) is 0 Å². The molecule has 0 bridgehead atoms. The Morgan fingerprint density at radius 3 is 2.56 bits per heavy atom. The van der Waals surface area contributed by atoms with Crippen molar-refractivity contribution in [1.82, 2.24) is 4.90 Å². The van der Waals surface area contributed by atoms with Crippen LogP contribution >= 0.6 is 11.6 Å². The Balaban J connectivity index is 1.85. The van der Waals surface area contributed by atoms with E-state index in [9.17, 15) is 9.59 Å². The Morgan fingerprint density at radius 1 is 1.20 bits per heavy atom. The van der Waals surface area contributed by atoms with E-state index in [0.29, 0.717) is 35.9 Å².